The molecule has 9 nitrogen and oxygen atoms in total. The highest BCUT2D eigenvalue weighted by molar-refractivity contribution is 7.99. The second-order valence-corrected chi connectivity index (χ2v) is 7.63. The number of thioether (sulfide) groups is 1. The van der Waals surface area contributed by atoms with Crippen LogP contribution in [0.1, 0.15) is 19.4 Å². The van der Waals surface area contributed by atoms with Crippen molar-refractivity contribution in [3.63, 3.8) is 0 Å². The Morgan fingerprint density at radius 3 is 2.50 bits per heavy atom. The van der Waals surface area contributed by atoms with E-state index in [2.05, 4.69) is 20.7 Å². The summed E-state index contributed by atoms with van der Waals surface area (Å²) in [5.41, 5.74) is 4.82. The van der Waals surface area contributed by atoms with E-state index in [4.69, 9.17) is 9.47 Å². The van der Waals surface area contributed by atoms with Gasteiger partial charge in [0.2, 0.25) is 0 Å². The summed E-state index contributed by atoms with van der Waals surface area (Å²) >= 11 is 1.28. The Kier molecular flexibility index (Phi) is 7.72. The largest absolute Gasteiger partial charge is 0.508 e. The summed E-state index contributed by atoms with van der Waals surface area (Å²) in [6, 6.07) is 12.1. The summed E-state index contributed by atoms with van der Waals surface area (Å²) < 4.78 is 12.6. The molecule has 0 saturated heterocycles. The molecule has 0 radical (unpaired) electrons. The number of rotatable bonds is 9. The second-order valence-electron chi connectivity index (χ2n) is 6.69. The minimum Gasteiger partial charge on any atom is -0.508 e. The number of nitrogens with zero attached hydrogens (tertiary/aromatic N) is 4. The number of hydrazone groups is 1. The molecule has 0 spiro atoms. The van der Waals surface area contributed by atoms with Gasteiger partial charge in [0.25, 0.3) is 5.91 Å². The number of amides is 1. The fourth-order valence-corrected chi connectivity index (χ4v) is 3.74. The first kappa shape index (κ1) is 23.1. The molecule has 0 aliphatic heterocycles. The average Bonchev–Trinajstić information content (AvgIpc) is 3.24. The van der Waals surface area contributed by atoms with Gasteiger partial charge in [-0.3, -0.25) is 4.79 Å². The Bertz CT molecular complexity index is 1110. The zero-order valence-corrected chi connectivity index (χ0v) is 19.1. The van der Waals surface area contributed by atoms with Crippen LogP contribution in [0.25, 0.3) is 11.4 Å². The predicted octanol–water partition coefficient (Wildman–Crippen LogP) is 3.32. The fraction of sp³-hybridized carbons (Fsp3) is 0.273. The molecule has 0 saturated carbocycles. The molecule has 2 aromatic carbocycles. The van der Waals surface area contributed by atoms with Crippen molar-refractivity contribution in [3.8, 4) is 28.6 Å². The Hall–Kier alpha value is -3.53. The molecule has 0 bridgehead atoms. The van der Waals surface area contributed by atoms with Crippen LogP contribution in [0.2, 0.25) is 0 Å². The van der Waals surface area contributed by atoms with Crippen LogP contribution in [0.3, 0.4) is 0 Å². The summed E-state index contributed by atoms with van der Waals surface area (Å²) in [5, 5.41) is 22.7. The molecule has 3 aromatic rings. The molecular formula is C22H25N5O4S. The van der Waals surface area contributed by atoms with E-state index < -0.39 is 0 Å². The summed E-state index contributed by atoms with van der Waals surface area (Å²) in [4.78, 5) is 12.3. The van der Waals surface area contributed by atoms with Gasteiger partial charge >= 0.3 is 0 Å². The van der Waals surface area contributed by atoms with Crippen molar-refractivity contribution in [1.29, 1.82) is 0 Å². The van der Waals surface area contributed by atoms with Crippen molar-refractivity contribution in [2.45, 2.75) is 25.5 Å². The van der Waals surface area contributed by atoms with Gasteiger partial charge in [0.1, 0.15) is 5.75 Å². The molecule has 0 fully saturated rings. The van der Waals surface area contributed by atoms with E-state index >= 15 is 0 Å². The third-order valence-electron chi connectivity index (χ3n) is 4.64. The lowest BCUT2D eigenvalue weighted by Gasteiger charge is -2.10. The van der Waals surface area contributed by atoms with Gasteiger partial charge in [-0.05, 0) is 61.9 Å². The maximum absolute atomic E-state index is 12.3. The van der Waals surface area contributed by atoms with Crippen molar-refractivity contribution < 1.29 is 19.4 Å². The van der Waals surface area contributed by atoms with Gasteiger partial charge < -0.3 is 19.1 Å². The van der Waals surface area contributed by atoms with Gasteiger partial charge in [0.15, 0.2) is 22.5 Å². The molecular weight excluding hydrogens is 430 g/mol. The molecule has 168 valence electrons. The van der Waals surface area contributed by atoms with E-state index in [1.54, 1.807) is 45.4 Å². The van der Waals surface area contributed by atoms with E-state index in [0.717, 1.165) is 11.1 Å². The number of methoxy groups -OCH3 is 2. The summed E-state index contributed by atoms with van der Waals surface area (Å²) in [5.74, 6) is 1.97. The number of nitrogens with one attached hydrogen (secondary N) is 1. The van der Waals surface area contributed by atoms with Gasteiger partial charge in [-0.1, -0.05) is 11.8 Å². The number of benzene rings is 2. The molecule has 0 aliphatic carbocycles. The van der Waals surface area contributed by atoms with Crippen molar-refractivity contribution >= 4 is 23.4 Å². The summed E-state index contributed by atoms with van der Waals surface area (Å²) in [7, 11) is 3.17. The Morgan fingerprint density at radius 2 is 1.84 bits per heavy atom. The van der Waals surface area contributed by atoms with E-state index in [9.17, 15) is 9.90 Å². The van der Waals surface area contributed by atoms with Crippen LogP contribution in [0, 0.1) is 0 Å². The second kappa shape index (κ2) is 10.7. The number of hydrogen-bond acceptors (Lipinski definition) is 8. The van der Waals surface area contributed by atoms with Crippen LogP contribution in [-0.4, -0.2) is 51.5 Å². The number of hydrogen-bond donors (Lipinski definition) is 2. The molecule has 0 aliphatic rings. The lowest BCUT2D eigenvalue weighted by atomic mass is 10.1. The maximum Gasteiger partial charge on any atom is 0.250 e. The highest BCUT2D eigenvalue weighted by atomic mass is 32.2. The van der Waals surface area contributed by atoms with E-state index in [-0.39, 0.29) is 17.4 Å². The number of ether oxygens (including phenoxy) is 2. The van der Waals surface area contributed by atoms with Crippen LogP contribution in [-0.2, 0) is 11.3 Å². The zero-order valence-electron chi connectivity index (χ0n) is 18.3. The van der Waals surface area contributed by atoms with Crippen LogP contribution in [0.5, 0.6) is 17.2 Å². The molecule has 3 rings (SSSR count). The Labute approximate surface area is 190 Å². The molecule has 0 unspecified atom stereocenters. The Morgan fingerprint density at radius 1 is 1.12 bits per heavy atom. The van der Waals surface area contributed by atoms with Gasteiger partial charge in [-0.15, -0.1) is 10.2 Å². The summed E-state index contributed by atoms with van der Waals surface area (Å²) in [6.45, 7) is 4.41. The normalized spacial score (nSPS) is 11.3. The number of aromatic hydroxyl groups is 1. The van der Waals surface area contributed by atoms with Gasteiger partial charge in [0, 0.05) is 12.1 Å². The highest BCUT2D eigenvalue weighted by Gasteiger charge is 2.16. The van der Waals surface area contributed by atoms with Crippen LogP contribution >= 0.6 is 11.8 Å². The van der Waals surface area contributed by atoms with Crippen LogP contribution in [0.15, 0.2) is 52.7 Å². The predicted molar refractivity (Wildman–Crippen MR) is 123 cm³/mol. The minimum atomic E-state index is -0.258. The zero-order chi connectivity index (χ0) is 23.1. The number of phenols is 1. The molecule has 10 heteroatoms. The topological polar surface area (TPSA) is 111 Å². The first-order chi connectivity index (χ1) is 15.5. The SMILES string of the molecule is CCn1c(SCC(=O)NN=C(C)c2ccc(O)cc2)nnc1-c1ccc(OC)c(OC)c1. The van der Waals surface area contributed by atoms with Crippen LogP contribution in [0.4, 0.5) is 0 Å². The van der Waals surface area contributed by atoms with Crippen molar-refractivity contribution in [2.75, 3.05) is 20.0 Å². The fourth-order valence-electron chi connectivity index (χ4n) is 2.95. The standard InChI is InChI=1S/C22H25N5O4S/c1-5-27-21(16-8-11-18(30-3)19(12-16)31-4)25-26-22(27)32-13-20(29)24-23-14(2)15-6-9-17(28)10-7-15/h6-12,28H,5,13H2,1-4H3,(H,24,29). The molecule has 32 heavy (non-hydrogen) atoms. The lowest BCUT2D eigenvalue weighted by Crippen LogP contribution is -2.21. The van der Waals surface area contributed by atoms with E-state index in [1.165, 1.54) is 11.8 Å². The monoisotopic (exact) mass is 455 g/mol. The molecule has 1 aromatic heterocycles. The first-order valence-corrected chi connectivity index (χ1v) is 10.9. The quantitative estimate of drug-likeness (QED) is 0.289. The third kappa shape index (κ3) is 5.38. The minimum absolute atomic E-state index is 0.135. The van der Waals surface area contributed by atoms with E-state index in [0.29, 0.717) is 34.7 Å². The third-order valence-corrected chi connectivity index (χ3v) is 5.61. The number of aromatic nitrogens is 3. The number of carbonyl (C=O) groups excluding carboxylic acids is 1. The Balaban J connectivity index is 1.67. The molecule has 1 heterocycles. The molecule has 2 N–H and O–H groups in total. The highest BCUT2D eigenvalue weighted by Crippen LogP contribution is 2.32. The maximum atomic E-state index is 12.3. The summed E-state index contributed by atoms with van der Waals surface area (Å²) in [6.07, 6.45) is 0. The van der Waals surface area contributed by atoms with Crippen molar-refractivity contribution in [2.24, 2.45) is 5.10 Å². The van der Waals surface area contributed by atoms with Gasteiger partial charge in [-0.25, -0.2) is 5.43 Å². The lowest BCUT2D eigenvalue weighted by molar-refractivity contribution is -0.118. The smallest absolute Gasteiger partial charge is 0.250 e. The molecule has 0 atom stereocenters. The number of carbonyl (C=O) groups is 1. The van der Waals surface area contributed by atoms with Crippen molar-refractivity contribution in [1.82, 2.24) is 20.2 Å². The van der Waals surface area contributed by atoms with Crippen LogP contribution < -0.4 is 14.9 Å². The first-order valence-electron chi connectivity index (χ1n) is 9.87. The molecule has 1 amide bonds. The van der Waals surface area contributed by atoms with Gasteiger partial charge in [0.05, 0.1) is 25.7 Å². The average molecular weight is 456 g/mol. The number of phenolic OH excluding ortho intramolecular Hbond substituents is 1. The van der Waals surface area contributed by atoms with Gasteiger partial charge in [-0.2, -0.15) is 5.10 Å². The van der Waals surface area contributed by atoms with Crippen molar-refractivity contribution in [3.05, 3.63) is 48.0 Å². The van der Waals surface area contributed by atoms with E-state index in [1.807, 2.05) is 29.7 Å².